The van der Waals surface area contributed by atoms with Gasteiger partial charge in [-0.05, 0) is 43.9 Å². The minimum Gasteiger partial charge on any atom is -0.349 e. The summed E-state index contributed by atoms with van der Waals surface area (Å²) in [5.41, 5.74) is 6.96. The Labute approximate surface area is 122 Å². The van der Waals surface area contributed by atoms with Crippen molar-refractivity contribution in [2.24, 2.45) is 5.73 Å². The molecular formula is C15H17N3O3. The summed E-state index contributed by atoms with van der Waals surface area (Å²) in [7, 11) is 0. The highest BCUT2D eigenvalue weighted by atomic mass is 16.2. The molecule has 6 heteroatoms. The van der Waals surface area contributed by atoms with E-state index in [2.05, 4.69) is 10.6 Å². The Bertz CT molecular complexity index is 619. The van der Waals surface area contributed by atoms with Gasteiger partial charge < -0.3 is 16.4 Å². The minimum atomic E-state index is -0.649. The molecule has 1 aliphatic heterocycles. The number of amides is 2. The number of ketones is 1. The van der Waals surface area contributed by atoms with Crippen molar-refractivity contribution < 1.29 is 14.4 Å². The molecule has 4 N–H and O–H groups in total. The smallest absolute Gasteiger partial charge is 0.296 e. The van der Waals surface area contributed by atoms with Crippen LogP contribution in [0, 0.1) is 0 Å². The van der Waals surface area contributed by atoms with Crippen molar-refractivity contribution >= 4 is 23.3 Å². The molecule has 2 aliphatic rings. The number of nitrogens with two attached hydrogens (primary N) is 1. The topological polar surface area (TPSA) is 101 Å². The Morgan fingerprint density at radius 1 is 1.19 bits per heavy atom. The fourth-order valence-corrected chi connectivity index (χ4v) is 2.82. The first kappa shape index (κ1) is 13.8. The molecule has 1 heterocycles. The van der Waals surface area contributed by atoms with Gasteiger partial charge in [0.05, 0.1) is 11.3 Å². The second kappa shape index (κ2) is 5.29. The summed E-state index contributed by atoms with van der Waals surface area (Å²) in [5.74, 6) is -1.46. The van der Waals surface area contributed by atoms with Gasteiger partial charge in [-0.1, -0.05) is 0 Å². The lowest BCUT2D eigenvalue weighted by atomic mass is 9.91. The molecule has 1 fully saturated rings. The van der Waals surface area contributed by atoms with Crippen molar-refractivity contribution in [3.8, 4) is 0 Å². The maximum atomic E-state index is 12.2. The van der Waals surface area contributed by atoms with E-state index in [1.807, 2.05) is 0 Å². The molecule has 0 aromatic heterocycles. The number of nitrogens with one attached hydrogen (secondary N) is 2. The molecular weight excluding hydrogens is 270 g/mol. The van der Waals surface area contributed by atoms with E-state index in [-0.39, 0.29) is 23.6 Å². The van der Waals surface area contributed by atoms with Crippen molar-refractivity contribution in [3.05, 3.63) is 29.3 Å². The molecule has 21 heavy (non-hydrogen) atoms. The first-order valence-electron chi connectivity index (χ1n) is 7.11. The van der Waals surface area contributed by atoms with Crippen LogP contribution in [0.2, 0.25) is 0 Å². The lowest BCUT2D eigenvalue weighted by molar-refractivity contribution is -0.112. The first-order valence-corrected chi connectivity index (χ1v) is 7.11. The monoisotopic (exact) mass is 287 g/mol. The summed E-state index contributed by atoms with van der Waals surface area (Å²) < 4.78 is 0. The molecule has 3 rings (SSSR count). The number of hydrogen-bond donors (Lipinski definition) is 3. The van der Waals surface area contributed by atoms with Crippen LogP contribution in [-0.4, -0.2) is 29.7 Å². The number of anilines is 1. The van der Waals surface area contributed by atoms with Crippen LogP contribution in [0.1, 0.15) is 46.4 Å². The summed E-state index contributed by atoms with van der Waals surface area (Å²) in [4.78, 5) is 35.2. The molecule has 0 unspecified atom stereocenters. The van der Waals surface area contributed by atoms with Crippen LogP contribution in [0.25, 0.3) is 0 Å². The van der Waals surface area contributed by atoms with Crippen molar-refractivity contribution in [1.29, 1.82) is 0 Å². The van der Waals surface area contributed by atoms with E-state index in [4.69, 9.17) is 5.73 Å². The Morgan fingerprint density at radius 3 is 2.62 bits per heavy atom. The Morgan fingerprint density at radius 2 is 1.90 bits per heavy atom. The van der Waals surface area contributed by atoms with Crippen molar-refractivity contribution in [2.45, 2.75) is 37.8 Å². The highest BCUT2D eigenvalue weighted by molar-refractivity contribution is 6.51. The maximum absolute atomic E-state index is 12.2. The normalized spacial score (nSPS) is 24.4. The van der Waals surface area contributed by atoms with E-state index >= 15 is 0 Å². The van der Waals surface area contributed by atoms with Gasteiger partial charge in [0.2, 0.25) is 0 Å². The number of Topliss-reactive ketones (excluding diaryl/α,β-unsaturated/α-hetero) is 1. The molecule has 0 radical (unpaired) electrons. The van der Waals surface area contributed by atoms with Crippen LogP contribution >= 0.6 is 0 Å². The van der Waals surface area contributed by atoms with Gasteiger partial charge >= 0.3 is 0 Å². The fraction of sp³-hybridized carbons (Fsp3) is 0.400. The van der Waals surface area contributed by atoms with E-state index in [0.717, 1.165) is 25.7 Å². The first-order chi connectivity index (χ1) is 10.0. The van der Waals surface area contributed by atoms with E-state index in [1.165, 1.54) is 6.07 Å². The third kappa shape index (κ3) is 2.67. The van der Waals surface area contributed by atoms with Gasteiger partial charge in [-0.3, -0.25) is 14.4 Å². The third-order valence-electron chi connectivity index (χ3n) is 4.09. The van der Waals surface area contributed by atoms with Crippen molar-refractivity contribution in [3.63, 3.8) is 0 Å². The van der Waals surface area contributed by atoms with Crippen LogP contribution in [0.15, 0.2) is 18.2 Å². The molecule has 0 saturated heterocycles. The zero-order chi connectivity index (χ0) is 15.0. The lowest BCUT2D eigenvalue weighted by Gasteiger charge is -2.26. The van der Waals surface area contributed by atoms with Gasteiger partial charge in [0.1, 0.15) is 0 Å². The number of rotatable bonds is 2. The Kier molecular flexibility index (Phi) is 3.47. The molecule has 1 aromatic carbocycles. The Balaban J connectivity index is 1.71. The van der Waals surface area contributed by atoms with Crippen LogP contribution in [-0.2, 0) is 4.79 Å². The minimum absolute atomic E-state index is 0.126. The molecule has 1 aliphatic carbocycles. The largest absolute Gasteiger partial charge is 0.349 e. The second-order valence-corrected chi connectivity index (χ2v) is 5.63. The average Bonchev–Trinajstić information content (AvgIpc) is 2.76. The lowest BCUT2D eigenvalue weighted by Crippen LogP contribution is -2.40. The highest BCUT2D eigenvalue weighted by Gasteiger charge is 2.29. The summed E-state index contributed by atoms with van der Waals surface area (Å²) >= 11 is 0. The average molecular weight is 287 g/mol. The number of benzene rings is 1. The van der Waals surface area contributed by atoms with Crippen molar-refractivity contribution in [1.82, 2.24) is 5.32 Å². The van der Waals surface area contributed by atoms with Crippen LogP contribution in [0.5, 0.6) is 0 Å². The molecule has 110 valence electrons. The third-order valence-corrected chi connectivity index (χ3v) is 4.09. The van der Waals surface area contributed by atoms with E-state index < -0.39 is 11.7 Å². The SMILES string of the molecule is N[C@H]1CC[C@H](NC(=O)c2ccc3c(c2)C(=O)C(=O)N3)CC1. The van der Waals surface area contributed by atoms with E-state index in [0.29, 0.717) is 11.3 Å². The molecule has 1 aromatic rings. The van der Waals surface area contributed by atoms with Gasteiger partial charge in [-0.15, -0.1) is 0 Å². The van der Waals surface area contributed by atoms with Gasteiger partial charge in [-0.25, -0.2) is 0 Å². The zero-order valence-corrected chi connectivity index (χ0v) is 11.5. The summed E-state index contributed by atoms with van der Waals surface area (Å²) in [5, 5.41) is 5.43. The maximum Gasteiger partial charge on any atom is 0.296 e. The van der Waals surface area contributed by atoms with E-state index in [1.54, 1.807) is 12.1 Å². The van der Waals surface area contributed by atoms with Crippen LogP contribution in [0.4, 0.5) is 5.69 Å². The molecule has 0 atom stereocenters. The highest BCUT2D eigenvalue weighted by Crippen LogP contribution is 2.24. The van der Waals surface area contributed by atoms with Gasteiger partial charge in [-0.2, -0.15) is 0 Å². The number of carbonyl (C=O) groups is 3. The molecule has 0 spiro atoms. The van der Waals surface area contributed by atoms with E-state index in [9.17, 15) is 14.4 Å². The molecule has 1 saturated carbocycles. The number of fused-ring (bicyclic) bond motifs is 1. The van der Waals surface area contributed by atoms with Crippen molar-refractivity contribution in [2.75, 3.05) is 5.32 Å². The van der Waals surface area contributed by atoms with Gasteiger partial charge in [0.25, 0.3) is 17.6 Å². The van der Waals surface area contributed by atoms with Crippen LogP contribution in [0.3, 0.4) is 0 Å². The number of carbonyl (C=O) groups excluding carboxylic acids is 3. The van der Waals surface area contributed by atoms with Gasteiger partial charge in [0.15, 0.2) is 0 Å². The molecule has 6 nitrogen and oxygen atoms in total. The quantitative estimate of drug-likeness (QED) is 0.701. The second-order valence-electron chi connectivity index (χ2n) is 5.63. The summed E-state index contributed by atoms with van der Waals surface area (Å²) in [6, 6.07) is 5.03. The molecule has 2 amide bonds. The predicted octanol–water partition coefficient (Wildman–Crippen LogP) is 0.821. The molecule has 0 bridgehead atoms. The fourth-order valence-electron chi connectivity index (χ4n) is 2.82. The predicted molar refractivity (Wildman–Crippen MR) is 77.1 cm³/mol. The standard InChI is InChI=1S/C15H17N3O3/c16-9-2-4-10(5-3-9)17-14(20)8-1-6-12-11(7-8)13(19)15(21)18-12/h1,6-7,9-10H,2-5,16H2,(H,17,20)(H,18,19,21)/t9-,10-. The zero-order valence-electron chi connectivity index (χ0n) is 11.5. The summed E-state index contributed by atoms with van der Waals surface area (Å²) in [6.45, 7) is 0. The Hall–Kier alpha value is -2.21. The summed E-state index contributed by atoms with van der Waals surface area (Å²) in [6.07, 6.45) is 3.56. The van der Waals surface area contributed by atoms with Gasteiger partial charge in [0, 0.05) is 17.6 Å². The van der Waals surface area contributed by atoms with Crippen LogP contribution < -0.4 is 16.4 Å². The number of hydrogen-bond acceptors (Lipinski definition) is 4.